The number of carbonyl (C=O) groups is 1. The third-order valence-electron chi connectivity index (χ3n) is 3.45. The summed E-state index contributed by atoms with van der Waals surface area (Å²) >= 11 is 5.83. The van der Waals surface area contributed by atoms with Gasteiger partial charge >= 0.3 is 6.03 Å². The number of pyridine rings is 1. The average molecular weight is 318 g/mol. The molecule has 0 radical (unpaired) electrons. The normalized spacial score (nSPS) is 17.3. The Labute approximate surface area is 133 Å². The lowest BCUT2D eigenvalue weighted by Crippen LogP contribution is -2.34. The number of carbonyl (C=O) groups excluding carboxylic acids is 1. The number of amides is 2. The summed E-state index contributed by atoms with van der Waals surface area (Å²) in [6.07, 6.45) is 2.46. The van der Waals surface area contributed by atoms with Crippen molar-refractivity contribution >= 4 is 23.3 Å². The highest BCUT2D eigenvalue weighted by atomic mass is 35.5. The first-order valence-corrected chi connectivity index (χ1v) is 7.48. The number of halogens is 1. The standard InChI is InChI=1S/C16H16ClN3O2/c17-12-4-6-13(7-5-12)19-16(21)20-10-8-14(11-20)22-15-3-1-2-9-18-15/h1-7,9,14H,8,10-11H2,(H,19,21). The van der Waals surface area contributed by atoms with Crippen LogP contribution in [0.15, 0.2) is 48.7 Å². The lowest BCUT2D eigenvalue weighted by Gasteiger charge is -2.17. The molecule has 1 unspecified atom stereocenters. The van der Waals surface area contributed by atoms with Crippen molar-refractivity contribution in [3.63, 3.8) is 0 Å². The van der Waals surface area contributed by atoms with Crippen molar-refractivity contribution in [2.45, 2.75) is 12.5 Å². The molecule has 5 nitrogen and oxygen atoms in total. The minimum Gasteiger partial charge on any atom is -0.472 e. The Morgan fingerprint density at radius 3 is 2.82 bits per heavy atom. The lowest BCUT2D eigenvalue weighted by atomic mass is 10.3. The van der Waals surface area contributed by atoms with Crippen LogP contribution in [0, 0.1) is 0 Å². The monoisotopic (exact) mass is 317 g/mol. The first-order valence-electron chi connectivity index (χ1n) is 7.10. The molecular weight excluding hydrogens is 302 g/mol. The van der Waals surface area contributed by atoms with Crippen LogP contribution in [-0.4, -0.2) is 35.1 Å². The molecule has 0 saturated carbocycles. The van der Waals surface area contributed by atoms with Gasteiger partial charge in [0, 0.05) is 35.9 Å². The second-order valence-electron chi connectivity index (χ2n) is 5.08. The van der Waals surface area contributed by atoms with Crippen molar-refractivity contribution in [2.24, 2.45) is 0 Å². The Kier molecular flexibility index (Phi) is 4.44. The minimum atomic E-state index is -0.130. The smallest absolute Gasteiger partial charge is 0.321 e. The molecule has 1 N–H and O–H groups in total. The molecular formula is C16H16ClN3O2. The van der Waals surface area contributed by atoms with Crippen LogP contribution in [0.2, 0.25) is 5.02 Å². The molecule has 3 rings (SSSR count). The first kappa shape index (κ1) is 14.7. The maximum atomic E-state index is 12.2. The van der Waals surface area contributed by atoms with Gasteiger partial charge in [0.25, 0.3) is 0 Å². The molecule has 2 heterocycles. The summed E-state index contributed by atoms with van der Waals surface area (Å²) in [4.78, 5) is 18.1. The number of likely N-dealkylation sites (tertiary alicyclic amines) is 1. The van der Waals surface area contributed by atoms with Gasteiger partial charge in [0.1, 0.15) is 6.10 Å². The molecule has 1 atom stereocenters. The summed E-state index contributed by atoms with van der Waals surface area (Å²) in [5.41, 5.74) is 0.725. The number of urea groups is 1. The molecule has 1 aliphatic rings. The molecule has 6 heteroatoms. The number of aromatic nitrogens is 1. The van der Waals surface area contributed by atoms with Gasteiger partial charge in [0.2, 0.25) is 5.88 Å². The largest absolute Gasteiger partial charge is 0.472 e. The van der Waals surface area contributed by atoms with Crippen LogP contribution in [-0.2, 0) is 0 Å². The van der Waals surface area contributed by atoms with Gasteiger partial charge in [-0.3, -0.25) is 0 Å². The van der Waals surface area contributed by atoms with Crippen LogP contribution in [0.1, 0.15) is 6.42 Å². The Balaban J connectivity index is 1.53. The second-order valence-corrected chi connectivity index (χ2v) is 5.52. The van der Waals surface area contributed by atoms with Gasteiger partial charge in [-0.05, 0) is 30.3 Å². The molecule has 1 aromatic carbocycles. The second kappa shape index (κ2) is 6.66. The van der Waals surface area contributed by atoms with E-state index in [2.05, 4.69) is 10.3 Å². The van der Waals surface area contributed by atoms with E-state index in [0.717, 1.165) is 12.1 Å². The van der Waals surface area contributed by atoms with E-state index < -0.39 is 0 Å². The molecule has 0 bridgehead atoms. The van der Waals surface area contributed by atoms with Gasteiger partial charge < -0.3 is 15.0 Å². The van der Waals surface area contributed by atoms with Crippen LogP contribution < -0.4 is 10.1 Å². The van der Waals surface area contributed by atoms with Gasteiger partial charge in [0.05, 0.1) is 6.54 Å². The maximum Gasteiger partial charge on any atom is 0.321 e. The minimum absolute atomic E-state index is 0.0223. The number of anilines is 1. The Morgan fingerprint density at radius 2 is 2.09 bits per heavy atom. The summed E-state index contributed by atoms with van der Waals surface area (Å²) in [6.45, 7) is 1.22. The van der Waals surface area contributed by atoms with Crippen molar-refractivity contribution in [1.82, 2.24) is 9.88 Å². The van der Waals surface area contributed by atoms with E-state index in [1.807, 2.05) is 18.2 Å². The molecule has 0 aliphatic carbocycles. The highest BCUT2D eigenvalue weighted by Gasteiger charge is 2.27. The third kappa shape index (κ3) is 3.68. The van der Waals surface area contributed by atoms with Crippen LogP contribution in [0.4, 0.5) is 10.5 Å². The number of rotatable bonds is 3. The molecule has 1 saturated heterocycles. The number of hydrogen-bond acceptors (Lipinski definition) is 3. The predicted octanol–water partition coefficient (Wildman–Crippen LogP) is 3.42. The average Bonchev–Trinajstić information content (AvgIpc) is 2.99. The molecule has 1 fully saturated rings. The van der Waals surface area contributed by atoms with E-state index in [1.165, 1.54) is 0 Å². The van der Waals surface area contributed by atoms with Crippen LogP contribution in [0.5, 0.6) is 5.88 Å². The Hall–Kier alpha value is -2.27. The zero-order chi connectivity index (χ0) is 15.4. The van der Waals surface area contributed by atoms with E-state index in [0.29, 0.717) is 24.0 Å². The maximum absolute atomic E-state index is 12.2. The summed E-state index contributed by atoms with van der Waals surface area (Å²) in [5.74, 6) is 0.590. The van der Waals surface area contributed by atoms with E-state index in [9.17, 15) is 4.79 Å². The molecule has 1 aliphatic heterocycles. The van der Waals surface area contributed by atoms with E-state index >= 15 is 0 Å². The fourth-order valence-electron chi connectivity index (χ4n) is 2.33. The Morgan fingerprint density at radius 1 is 1.27 bits per heavy atom. The summed E-state index contributed by atoms with van der Waals surface area (Å²) < 4.78 is 5.77. The highest BCUT2D eigenvalue weighted by Crippen LogP contribution is 2.18. The number of hydrogen-bond donors (Lipinski definition) is 1. The number of benzene rings is 1. The summed E-state index contributed by atoms with van der Waals surface area (Å²) in [6, 6.07) is 12.4. The molecule has 2 aromatic rings. The van der Waals surface area contributed by atoms with Gasteiger partial charge in [-0.15, -0.1) is 0 Å². The highest BCUT2D eigenvalue weighted by molar-refractivity contribution is 6.30. The third-order valence-corrected chi connectivity index (χ3v) is 3.70. The molecule has 1 aromatic heterocycles. The predicted molar refractivity (Wildman–Crippen MR) is 85.3 cm³/mol. The van der Waals surface area contributed by atoms with E-state index in [-0.39, 0.29) is 12.1 Å². The topological polar surface area (TPSA) is 54.5 Å². The zero-order valence-corrected chi connectivity index (χ0v) is 12.7. The van der Waals surface area contributed by atoms with Crippen molar-refractivity contribution in [3.05, 3.63) is 53.7 Å². The van der Waals surface area contributed by atoms with Crippen LogP contribution in [0.3, 0.4) is 0 Å². The van der Waals surface area contributed by atoms with Gasteiger partial charge in [-0.2, -0.15) is 0 Å². The number of ether oxygens (including phenoxy) is 1. The number of nitrogens with one attached hydrogen (secondary N) is 1. The van der Waals surface area contributed by atoms with Crippen molar-refractivity contribution in [2.75, 3.05) is 18.4 Å². The summed E-state index contributed by atoms with van der Waals surface area (Å²) in [7, 11) is 0. The van der Waals surface area contributed by atoms with Crippen LogP contribution >= 0.6 is 11.6 Å². The van der Waals surface area contributed by atoms with Gasteiger partial charge in [-0.25, -0.2) is 9.78 Å². The van der Waals surface area contributed by atoms with Gasteiger partial charge in [-0.1, -0.05) is 17.7 Å². The fourth-order valence-corrected chi connectivity index (χ4v) is 2.46. The van der Waals surface area contributed by atoms with E-state index in [1.54, 1.807) is 35.4 Å². The molecule has 0 spiro atoms. The lowest BCUT2D eigenvalue weighted by molar-refractivity contribution is 0.190. The van der Waals surface area contributed by atoms with Crippen molar-refractivity contribution in [3.8, 4) is 5.88 Å². The fraction of sp³-hybridized carbons (Fsp3) is 0.250. The number of nitrogens with zero attached hydrogens (tertiary/aromatic N) is 2. The first-order chi connectivity index (χ1) is 10.7. The quantitative estimate of drug-likeness (QED) is 0.943. The molecule has 2 amide bonds. The van der Waals surface area contributed by atoms with Crippen molar-refractivity contribution < 1.29 is 9.53 Å². The SMILES string of the molecule is O=C(Nc1ccc(Cl)cc1)N1CCC(Oc2ccccn2)C1. The van der Waals surface area contributed by atoms with Gasteiger partial charge in [0.15, 0.2) is 0 Å². The van der Waals surface area contributed by atoms with Crippen LogP contribution in [0.25, 0.3) is 0 Å². The molecule has 114 valence electrons. The van der Waals surface area contributed by atoms with E-state index in [4.69, 9.17) is 16.3 Å². The summed E-state index contributed by atoms with van der Waals surface area (Å²) in [5, 5.41) is 3.49. The molecule has 22 heavy (non-hydrogen) atoms. The Bertz CT molecular complexity index is 634. The zero-order valence-electron chi connectivity index (χ0n) is 11.9. The van der Waals surface area contributed by atoms with Crippen molar-refractivity contribution in [1.29, 1.82) is 0 Å².